The van der Waals surface area contributed by atoms with E-state index in [1.807, 2.05) is 23.6 Å². The number of aryl methyl sites for hydroxylation is 2. The zero-order valence-electron chi connectivity index (χ0n) is 22.2. The van der Waals surface area contributed by atoms with E-state index in [1.165, 1.54) is 6.07 Å². The maximum absolute atomic E-state index is 15.0. The first-order chi connectivity index (χ1) is 18.1. The number of morpholine rings is 1. The van der Waals surface area contributed by atoms with Crippen molar-refractivity contribution < 1.29 is 18.3 Å². The van der Waals surface area contributed by atoms with Crippen LogP contribution in [-0.4, -0.2) is 56.6 Å². The van der Waals surface area contributed by atoms with Gasteiger partial charge in [0.1, 0.15) is 17.2 Å². The zero-order chi connectivity index (χ0) is 27.2. The van der Waals surface area contributed by atoms with Crippen molar-refractivity contribution in [2.45, 2.75) is 46.6 Å². The summed E-state index contributed by atoms with van der Waals surface area (Å²) in [5.74, 6) is -0.589. The van der Waals surface area contributed by atoms with Crippen molar-refractivity contribution in [1.29, 1.82) is 0 Å². The number of ether oxygens (including phenoxy) is 1. The van der Waals surface area contributed by atoms with Crippen LogP contribution in [0.2, 0.25) is 0 Å². The third-order valence-corrected chi connectivity index (χ3v) is 6.58. The summed E-state index contributed by atoms with van der Waals surface area (Å²) in [5.41, 5.74) is 1.90. The van der Waals surface area contributed by atoms with Crippen LogP contribution >= 0.6 is 0 Å². The summed E-state index contributed by atoms with van der Waals surface area (Å²) in [6.45, 7) is 11.7. The number of benzene rings is 1. The van der Waals surface area contributed by atoms with Crippen LogP contribution in [0.3, 0.4) is 0 Å². The molecule has 38 heavy (non-hydrogen) atoms. The molecular formula is C27H31F2N7O2. The second kappa shape index (κ2) is 9.79. The van der Waals surface area contributed by atoms with Crippen molar-refractivity contribution in [3.8, 4) is 11.1 Å². The molecule has 3 aromatic heterocycles. The van der Waals surface area contributed by atoms with Crippen molar-refractivity contribution in [1.82, 2.24) is 24.4 Å². The minimum atomic E-state index is -0.777. The number of amides is 1. The summed E-state index contributed by atoms with van der Waals surface area (Å²) in [7, 11) is 0. The Bertz CT molecular complexity index is 1510. The van der Waals surface area contributed by atoms with E-state index in [1.54, 1.807) is 33.8 Å². The van der Waals surface area contributed by atoms with Crippen molar-refractivity contribution in [2.24, 2.45) is 0 Å². The van der Waals surface area contributed by atoms with E-state index in [9.17, 15) is 9.18 Å². The number of pyridine rings is 1. The maximum atomic E-state index is 15.0. The van der Waals surface area contributed by atoms with E-state index in [4.69, 9.17) is 4.74 Å². The smallest absolute Gasteiger partial charge is 0.262 e. The molecule has 1 aliphatic rings. The largest absolute Gasteiger partial charge is 0.378 e. The van der Waals surface area contributed by atoms with Crippen molar-refractivity contribution in [3.63, 3.8) is 0 Å². The number of aromatic nitrogens is 5. The second-order valence-corrected chi connectivity index (χ2v) is 10.4. The number of rotatable bonds is 5. The predicted molar refractivity (Wildman–Crippen MR) is 141 cm³/mol. The number of hydrogen-bond donors (Lipinski definition) is 1. The highest BCUT2D eigenvalue weighted by atomic mass is 19.1. The Hall–Kier alpha value is -3.86. The van der Waals surface area contributed by atoms with Crippen LogP contribution in [-0.2, 0) is 16.7 Å². The number of anilines is 2. The minimum Gasteiger partial charge on any atom is -0.378 e. The molecule has 1 N–H and O–H groups in total. The molecule has 1 aromatic carbocycles. The van der Waals surface area contributed by atoms with Crippen LogP contribution in [0, 0.1) is 18.7 Å². The average molecular weight is 524 g/mol. The summed E-state index contributed by atoms with van der Waals surface area (Å²) in [5, 5.41) is 11.2. The summed E-state index contributed by atoms with van der Waals surface area (Å²) >= 11 is 0. The first kappa shape index (κ1) is 25.8. The Morgan fingerprint density at radius 1 is 1.13 bits per heavy atom. The van der Waals surface area contributed by atoms with E-state index in [-0.39, 0.29) is 11.3 Å². The minimum absolute atomic E-state index is 0.0537. The molecule has 1 amide bonds. The van der Waals surface area contributed by atoms with Gasteiger partial charge in [-0.05, 0) is 68.7 Å². The van der Waals surface area contributed by atoms with Crippen LogP contribution in [0.5, 0.6) is 0 Å². The molecule has 4 heterocycles. The Kier molecular flexibility index (Phi) is 6.64. The molecule has 9 nitrogen and oxygen atoms in total. The molecule has 0 atom stereocenters. The Balaban J connectivity index is 1.55. The highest BCUT2D eigenvalue weighted by molar-refractivity contribution is 6.04. The summed E-state index contributed by atoms with van der Waals surface area (Å²) in [4.78, 5) is 19.8. The van der Waals surface area contributed by atoms with Gasteiger partial charge in [0.05, 0.1) is 30.6 Å². The molecular weight excluding hydrogens is 492 g/mol. The Morgan fingerprint density at radius 3 is 2.53 bits per heavy atom. The molecule has 11 heteroatoms. The van der Waals surface area contributed by atoms with Gasteiger partial charge in [-0.3, -0.25) is 4.79 Å². The fourth-order valence-electron chi connectivity index (χ4n) is 4.56. The maximum Gasteiger partial charge on any atom is 0.262 e. The molecule has 200 valence electrons. The standard InChI is InChI=1S/C27H31F2N7O2/c1-6-22-32-23-12-17(13-24(35(23)33-22)34-7-9-38-10-8-34)18-14-21(20(28)11-16(18)2)31-26(37)19-15-30-36(25(19)29)27(3,4)5/h11-15H,6-10H2,1-5H3,(H,31,37). The Labute approximate surface area is 219 Å². The number of halogens is 2. The predicted octanol–water partition coefficient (Wildman–Crippen LogP) is 4.59. The molecule has 0 saturated carbocycles. The van der Waals surface area contributed by atoms with E-state index >= 15 is 4.39 Å². The third-order valence-electron chi connectivity index (χ3n) is 6.58. The van der Waals surface area contributed by atoms with Crippen molar-refractivity contribution in [3.05, 3.63) is 59.2 Å². The lowest BCUT2D eigenvalue weighted by atomic mass is 9.99. The number of carbonyl (C=O) groups is 1. The van der Waals surface area contributed by atoms with Crippen molar-refractivity contribution >= 4 is 23.1 Å². The molecule has 0 aliphatic carbocycles. The van der Waals surface area contributed by atoms with Gasteiger partial charge in [0.25, 0.3) is 5.91 Å². The SMILES string of the molecule is CCc1nc2cc(-c3cc(NC(=O)c4cnn(C(C)(C)C)c4F)c(F)cc3C)cc(N3CCOCC3)n2n1. The number of nitrogens with zero attached hydrogens (tertiary/aromatic N) is 6. The molecule has 0 spiro atoms. The van der Waals surface area contributed by atoms with Gasteiger partial charge in [-0.2, -0.15) is 14.0 Å². The van der Waals surface area contributed by atoms with Crippen LogP contribution < -0.4 is 10.2 Å². The average Bonchev–Trinajstić information content (AvgIpc) is 3.48. The zero-order valence-corrected chi connectivity index (χ0v) is 22.2. The lowest BCUT2D eigenvalue weighted by Crippen LogP contribution is -2.37. The van der Waals surface area contributed by atoms with Gasteiger partial charge >= 0.3 is 0 Å². The third kappa shape index (κ3) is 4.73. The van der Waals surface area contributed by atoms with E-state index in [0.29, 0.717) is 49.5 Å². The van der Waals surface area contributed by atoms with Gasteiger partial charge in [0.15, 0.2) is 11.5 Å². The van der Waals surface area contributed by atoms with E-state index in [0.717, 1.165) is 28.1 Å². The van der Waals surface area contributed by atoms with Crippen LogP contribution in [0.25, 0.3) is 16.8 Å². The summed E-state index contributed by atoms with van der Waals surface area (Å²) in [6, 6.07) is 6.82. The fourth-order valence-corrected chi connectivity index (χ4v) is 4.56. The molecule has 5 rings (SSSR count). The Morgan fingerprint density at radius 2 is 1.87 bits per heavy atom. The molecule has 4 aromatic rings. The van der Waals surface area contributed by atoms with E-state index in [2.05, 4.69) is 25.4 Å². The van der Waals surface area contributed by atoms with Gasteiger partial charge in [-0.25, -0.2) is 14.1 Å². The molecule has 0 bridgehead atoms. The number of hydrogen-bond acceptors (Lipinski definition) is 6. The monoisotopic (exact) mass is 523 g/mol. The van der Waals surface area contributed by atoms with Crippen LogP contribution in [0.1, 0.15) is 49.4 Å². The number of carbonyl (C=O) groups excluding carboxylic acids is 1. The first-order valence-electron chi connectivity index (χ1n) is 12.6. The first-order valence-corrected chi connectivity index (χ1v) is 12.6. The number of nitrogens with one attached hydrogen (secondary N) is 1. The normalized spacial score (nSPS) is 14.3. The van der Waals surface area contributed by atoms with Crippen LogP contribution in [0.15, 0.2) is 30.5 Å². The molecule has 1 fully saturated rings. The van der Waals surface area contributed by atoms with Crippen molar-refractivity contribution in [2.75, 3.05) is 36.5 Å². The summed E-state index contributed by atoms with van der Waals surface area (Å²) in [6.07, 6.45) is 1.84. The molecule has 1 saturated heterocycles. The van der Waals surface area contributed by atoms with Gasteiger partial charge in [0.2, 0.25) is 5.95 Å². The molecule has 0 radical (unpaired) electrons. The highest BCUT2D eigenvalue weighted by Gasteiger charge is 2.25. The van der Waals surface area contributed by atoms with Crippen LogP contribution in [0.4, 0.5) is 20.3 Å². The fraction of sp³-hybridized carbons (Fsp3) is 0.407. The topological polar surface area (TPSA) is 89.6 Å². The summed E-state index contributed by atoms with van der Waals surface area (Å²) < 4.78 is 38.4. The second-order valence-electron chi connectivity index (χ2n) is 10.4. The lowest BCUT2D eigenvalue weighted by molar-refractivity contribution is 0.102. The van der Waals surface area contributed by atoms with Gasteiger partial charge < -0.3 is 15.0 Å². The molecule has 0 unspecified atom stereocenters. The van der Waals surface area contributed by atoms with Gasteiger partial charge in [-0.15, -0.1) is 5.10 Å². The van der Waals surface area contributed by atoms with E-state index < -0.39 is 23.2 Å². The molecule has 1 aliphatic heterocycles. The quantitative estimate of drug-likeness (QED) is 0.412. The lowest BCUT2D eigenvalue weighted by Gasteiger charge is -2.29. The number of fused-ring (bicyclic) bond motifs is 1. The highest BCUT2D eigenvalue weighted by Crippen LogP contribution is 2.33. The van der Waals surface area contributed by atoms with Gasteiger partial charge in [0, 0.05) is 19.5 Å². The van der Waals surface area contributed by atoms with Gasteiger partial charge in [-0.1, -0.05) is 6.92 Å².